The first-order valence-corrected chi connectivity index (χ1v) is 6.78. The molecule has 0 aliphatic carbocycles. The van der Waals surface area contributed by atoms with Gasteiger partial charge in [-0.1, -0.05) is 6.07 Å². The Labute approximate surface area is 114 Å². The fraction of sp³-hybridized carbons (Fsp3) is 0.600. The van der Waals surface area contributed by atoms with E-state index in [0.29, 0.717) is 0 Å². The van der Waals surface area contributed by atoms with Crippen LogP contribution >= 0.6 is 0 Å². The number of hydrogen-bond acceptors (Lipinski definition) is 3. The zero-order chi connectivity index (χ0) is 14.0. The molecule has 0 amide bonds. The van der Waals surface area contributed by atoms with Crippen molar-refractivity contribution in [2.75, 3.05) is 31.6 Å². The number of aliphatic hydroxyl groups excluding tert-OH is 1. The lowest BCUT2D eigenvalue weighted by molar-refractivity contribution is 0.224. The Kier molecular flexibility index (Phi) is 4.11. The number of likely N-dealkylation sites (N-methyl/N-ethyl adjacent to an activating group) is 1. The van der Waals surface area contributed by atoms with Crippen LogP contribution in [-0.2, 0) is 0 Å². The molecular formula is C15H23FN2O. The number of benzene rings is 1. The highest BCUT2D eigenvalue weighted by atomic mass is 19.1. The van der Waals surface area contributed by atoms with Gasteiger partial charge in [0.25, 0.3) is 0 Å². The molecule has 4 heteroatoms. The second-order valence-corrected chi connectivity index (χ2v) is 6.01. The van der Waals surface area contributed by atoms with Gasteiger partial charge in [-0.2, -0.15) is 0 Å². The van der Waals surface area contributed by atoms with Gasteiger partial charge in [0.15, 0.2) is 0 Å². The molecule has 106 valence electrons. The van der Waals surface area contributed by atoms with Gasteiger partial charge in [0.1, 0.15) is 5.82 Å². The van der Waals surface area contributed by atoms with Crippen LogP contribution in [0.1, 0.15) is 20.3 Å². The minimum absolute atomic E-state index is 0.00991. The average molecular weight is 266 g/mol. The smallest absolute Gasteiger partial charge is 0.125 e. The van der Waals surface area contributed by atoms with Crippen LogP contribution in [0, 0.1) is 5.82 Å². The van der Waals surface area contributed by atoms with Crippen LogP contribution < -0.4 is 4.90 Å². The van der Waals surface area contributed by atoms with Crippen molar-refractivity contribution in [1.29, 1.82) is 0 Å². The van der Waals surface area contributed by atoms with E-state index >= 15 is 0 Å². The zero-order valence-electron chi connectivity index (χ0n) is 11.9. The molecule has 1 unspecified atom stereocenters. The lowest BCUT2D eigenvalue weighted by atomic mass is 9.96. The summed E-state index contributed by atoms with van der Waals surface area (Å²) < 4.78 is 13.5. The van der Waals surface area contributed by atoms with Crippen LogP contribution in [0.3, 0.4) is 0 Å². The van der Waals surface area contributed by atoms with E-state index in [1.165, 1.54) is 6.07 Å². The summed E-state index contributed by atoms with van der Waals surface area (Å²) in [4.78, 5) is 4.39. The first-order chi connectivity index (χ1) is 8.94. The standard InChI is InChI=1S/C15H23FN2O/c1-15(2)7-8-17(3)10-14(11-19)18(15)13-6-4-5-12(16)9-13/h4-6,9,14,19H,7-8,10-11H2,1-3H3. The number of anilines is 1. The van der Waals surface area contributed by atoms with Gasteiger partial charge in [0, 0.05) is 24.3 Å². The fourth-order valence-electron chi connectivity index (χ4n) is 2.94. The number of hydrogen-bond donors (Lipinski definition) is 1. The van der Waals surface area contributed by atoms with Gasteiger partial charge < -0.3 is 14.9 Å². The van der Waals surface area contributed by atoms with E-state index in [0.717, 1.165) is 25.2 Å². The Hall–Kier alpha value is -1.13. The minimum atomic E-state index is -0.234. The van der Waals surface area contributed by atoms with Crippen LogP contribution in [0.25, 0.3) is 0 Å². The van der Waals surface area contributed by atoms with E-state index in [9.17, 15) is 9.50 Å². The number of nitrogens with zero attached hydrogens (tertiary/aromatic N) is 2. The maximum absolute atomic E-state index is 13.5. The molecule has 19 heavy (non-hydrogen) atoms. The fourth-order valence-corrected chi connectivity index (χ4v) is 2.94. The van der Waals surface area contributed by atoms with Crippen LogP contribution in [-0.4, -0.2) is 48.3 Å². The van der Waals surface area contributed by atoms with E-state index in [4.69, 9.17) is 0 Å². The molecule has 1 aliphatic heterocycles. The predicted molar refractivity (Wildman–Crippen MR) is 75.9 cm³/mol. The molecule has 1 heterocycles. The minimum Gasteiger partial charge on any atom is -0.394 e. The maximum atomic E-state index is 13.5. The lowest BCUT2D eigenvalue weighted by Gasteiger charge is -2.43. The van der Waals surface area contributed by atoms with Gasteiger partial charge in [0.2, 0.25) is 0 Å². The quantitative estimate of drug-likeness (QED) is 0.888. The van der Waals surface area contributed by atoms with Crippen LogP contribution in [0.15, 0.2) is 24.3 Å². The summed E-state index contributed by atoms with van der Waals surface area (Å²) in [6.45, 7) is 6.15. The molecule has 1 aromatic rings. The molecule has 3 nitrogen and oxygen atoms in total. The highest BCUT2D eigenvalue weighted by Gasteiger charge is 2.36. The molecule has 1 fully saturated rings. The van der Waals surface area contributed by atoms with Gasteiger partial charge in [0.05, 0.1) is 12.6 Å². The summed E-state index contributed by atoms with van der Waals surface area (Å²) in [6, 6.07) is 6.64. The van der Waals surface area contributed by atoms with E-state index < -0.39 is 0 Å². The summed E-state index contributed by atoms with van der Waals surface area (Å²) in [5.74, 6) is -0.234. The largest absolute Gasteiger partial charge is 0.394 e. The predicted octanol–water partition coefficient (Wildman–Crippen LogP) is 2.11. The number of aliphatic hydroxyl groups is 1. The molecule has 0 radical (unpaired) electrons. The van der Waals surface area contributed by atoms with Crippen LogP contribution in [0.2, 0.25) is 0 Å². The Bertz CT molecular complexity index is 436. The second kappa shape index (κ2) is 5.47. The monoisotopic (exact) mass is 266 g/mol. The van der Waals surface area contributed by atoms with Crippen LogP contribution in [0.4, 0.5) is 10.1 Å². The highest BCUT2D eigenvalue weighted by Crippen LogP contribution is 2.32. The molecule has 0 spiro atoms. The van der Waals surface area contributed by atoms with E-state index in [1.54, 1.807) is 12.1 Å². The van der Waals surface area contributed by atoms with Gasteiger partial charge in [-0.05, 0) is 45.5 Å². The summed E-state index contributed by atoms with van der Waals surface area (Å²) in [6.07, 6.45) is 0.983. The van der Waals surface area contributed by atoms with Crippen molar-refractivity contribution >= 4 is 5.69 Å². The SMILES string of the molecule is CN1CCC(C)(C)N(c2cccc(F)c2)C(CO)C1. The van der Waals surface area contributed by atoms with Crippen molar-refractivity contribution in [3.63, 3.8) is 0 Å². The third-order valence-corrected chi connectivity index (χ3v) is 3.94. The average Bonchev–Trinajstić information content (AvgIpc) is 2.46. The van der Waals surface area contributed by atoms with E-state index in [-0.39, 0.29) is 24.0 Å². The highest BCUT2D eigenvalue weighted by molar-refractivity contribution is 5.50. The summed E-state index contributed by atoms with van der Waals surface area (Å²) in [5, 5.41) is 9.70. The Morgan fingerprint density at radius 1 is 1.42 bits per heavy atom. The molecule has 1 aromatic carbocycles. The van der Waals surface area contributed by atoms with Gasteiger partial charge in [-0.15, -0.1) is 0 Å². The number of halogens is 1. The first-order valence-electron chi connectivity index (χ1n) is 6.78. The summed E-state index contributed by atoms with van der Waals surface area (Å²) in [5.41, 5.74) is 0.741. The maximum Gasteiger partial charge on any atom is 0.125 e. The Morgan fingerprint density at radius 2 is 2.16 bits per heavy atom. The van der Waals surface area contributed by atoms with E-state index in [2.05, 4.69) is 30.7 Å². The molecule has 0 saturated carbocycles. The van der Waals surface area contributed by atoms with Gasteiger partial charge >= 0.3 is 0 Å². The third kappa shape index (κ3) is 3.07. The summed E-state index contributed by atoms with van der Waals surface area (Å²) >= 11 is 0. The molecule has 1 aliphatic rings. The zero-order valence-corrected chi connectivity index (χ0v) is 11.9. The molecule has 2 rings (SSSR count). The normalized spacial score (nSPS) is 24.3. The van der Waals surface area contributed by atoms with Crippen molar-refractivity contribution in [1.82, 2.24) is 4.90 Å². The molecular weight excluding hydrogens is 243 g/mol. The molecule has 1 saturated heterocycles. The molecule has 0 bridgehead atoms. The van der Waals surface area contributed by atoms with Crippen molar-refractivity contribution in [2.45, 2.75) is 31.8 Å². The van der Waals surface area contributed by atoms with Crippen molar-refractivity contribution < 1.29 is 9.50 Å². The second-order valence-electron chi connectivity index (χ2n) is 6.01. The Balaban J connectivity index is 2.41. The van der Waals surface area contributed by atoms with Crippen molar-refractivity contribution in [2.24, 2.45) is 0 Å². The third-order valence-electron chi connectivity index (χ3n) is 3.94. The number of rotatable bonds is 2. The molecule has 1 N–H and O–H groups in total. The van der Waals surface area contributed by atoms with Gasteiger partial charge in [-0.3, -0.25) is 0 Å². The molecule has 0 aromatic heterocycles. The van der Waals surface area contributed by atoms with Crippen molar-refractivity contribution in [3.8, 4) is 0 Å². The Morgan fingerprint density at radius 3 is 2.79 bits per heavy atom. The lowest BCUT2D eigenvalue weighted by Crippen LogP contribution is -2.52. The molecule has 1 atom stereocenters. The van der Waals surface area contributed by atoms with E-state index in [1.807, 2.05) is 6.07 Å². The van der Waals surface area contributed by atoms with Crippen LogP contribution in [0.5, 0.6) is 0 Å². The summed E-state index contributed by atoms with van der Waals surface area (Å²) in [7, 11) is 2.06. The first kappa shape index (κ1) is 14.3. The van der Waals surface area contributed by atoms with Crippen molar-refractivity contribution in [3.05, 3.63) is 30.1 Å². The topological polar surface area (TPSA) is 26.7 Å². The van der Waals surface area contributed by atoms with Gasteiger partial charge in [-0.25, -0.2) is 4.39 Å².